The van der Waals surface area contributed by atoms with Crippen LogP contribution in [0.3, 0.4) is 0 Å². The molecule has 0 saturated heterocycles. The van der Waals surface area contributed by atoms with Gasteiger partial charge in [0.2, 0.25) is 0 Å². The standard InChI is InChI=1S/C23H20N2O/c1-15(17-7-3-11-21-19(17)9-5-13-24-21)23(26)16(2)18-8-4-12-22-20(18)10-6-14-25-22/h3-16H,1-2H3. The molecule has 128 valence electrons. The second kappa shape index (κ2) is 6.68. The summed E-state index contributed by atoms with van der Waals surface area (Å²) in [6.07, 6.45) is 3.56. The molecular weight excluding hydrogens is 320 g/mol. The van der Waals surface area contributed by atoms with Crippen LogP contribution in [0.5, 0.6) is 0 Å². The van der Waals surface area contributed by atoms with E-state index >= 15 is 0 Å². The fourth-order valence-corrected chi connectivity index (χ4v) is 3.69. The Bertz CT molecular complexity index is 1010. The highest BCUT2D eigenvalue weighted by molar-refractivity contribution is 5.98. The Kier molecular flexibility index (Phi) is 4.21. The lowest BCUT2D eigenvalue weighted by Crippen LogP contribution is -2.17. The lowest BCUT2D eigenvalue weighted by Gasteiger charge is -2.19. The summed E-state index contributed by atoms with van der Waals surface area (Å²) in [6.45, 7) is 3.98. The van der Waals surface area contributed by atoms with Crippen LogP contribution in [0.4, 0.5) is 0 Å². The van der Waals surface area contributed by atoms with E-state index in [4.69, 9.17) is 0 Å². The van der Waals surface area contributed by atoms with Crippen LogP contribution < -0.4 is 0 Å². The van der Waals surface area contributed by atoms with E-state index in [0.717, 1.165) is 32.9 Å². The molecule has 0 saturated carbocycles. The van der Waals surface area contributed by atoms with Crippen molar-refractivity contribution in [3.63, 3.8) is 0 Å². The Morgan fingerprint density at radius 3 is 1.62 bits per heavy atom. The zero-order valence-electron chi connectivity index (χ0n) is 14.9. The molecule has 0 bridgehead atoms. The zero-order chi connectivity index (χ0) is 18.1. The first-order chi connectivity index (χ1) is 12.7. The van der Waals surface area contributed by atoms with E-state index in [2.05, 4.69) is 9.97 Å². The highest BCUT2D eigenvalue weighted by Crippen LogP contribution is 2.32. The molecule has 2 aromatic carbocycles. The normalized spacial score (nSPS) is 13.6. The Morgan fingerprint density at radius 2 is 1.15 bits per heavy atom. The van der Waals surface area contributed by atoms with E-state index in [1.807, 2.05) is 74.5 Å². The van der Waals surface area contributed by atoms with E-state index < -0.39 is 0 Å². The summed E-state index contributed by atoms with van der Waals surface area (Å²) >= 11 is 0. The first-order valence-corrected chi connectivity index (χ1v) is 8.88. The van der Waals surface area contributed by atoms with Crippen molar-refractivity contribution in [1.29, 1.82) is 0 Å². The minimum Gasteiger partial charge on any atom is -0.298 e. The molecule has 0 radical (unpaired) electrons. The molecule has 2 unspecified atom stereocenters. The summed E-state index contributed by atoms with van der Waals surface area (Å²) in [4.78, 5) is 22.1. The van der Waals surface area contributed by atoms with Gasteiger partial charge in [-0.25, -0.2) is 0 Å². The molecule has 4 aromatic rings. The van der Waals surface area contributed by atoms with Crippen LogP contribution >= 0.6 is 0 Å². The third kappa shape index (κ3) is 2.76. The first kappa shape index (κ1) is 16.4. The largest absolute Gasteiger partial charge is 0.298 e. The maximum atomic E-state index is 13.3. The molecule has 0 fully saturated rings. The van der Waals surface area contributed by atoms with Crippen molar-refractivity contribution in [3.8, 4) is 0 Å². The van der Waals surface area contributed by atoms with Gasteiger partial charge in [-0.2, -0.15) is 0 Å². The number of pyridine rings is 2. The van der Waals surface area contributed by atoms with E-state index in [-0.39, 0.29) is 17.6 Å². The summed E-state index contributed by atoms with van der Waals surface area (Å²) in [7, 11) is 0. The molecule has 0 amide bonds. The van der Waals surface area contributed by atoms with Gasteiger partial charge in [0.25, 0.3) is 0 Å². The first-order valence-electron chi connectivity index (χ1n) is 8.88. The van der Waals surface area contributed by atoms with Crippen molar-refractivity contribution < 1.29 is 4.79 Å². The molecule has 2 heterocycles. The maximum Gasteiger partial charge on any atom is 0.147 e. The van der Waals surface area contributed by atoms with Crippen LogP contribution in [0.25, 0.3) is 21.8 Å². The summed E-state index contributed by atoms with van der Waals surface area (Å²) in [6, 6.07) is 19.9. The van der Waals surface area contributed by atoms with Crippen LogP contribution in [0, 0.1) is 0 Å². The van der Waals surface area contributed by atoms with Crippen molar-refractivity contribution in [2.75, 3.05) is 0 Å². The third-order valence-corrected chi connectivity index (χ3v) is 5.15. The van der Waals surface area contributed by atoms with Crippen molar-refractivity contribution in [2.45, 2.75) is 25.7 Å². The van der Waals surface area contributed by atoms with Crippen LogP contribution in [0.15, 0.2) is 73.1 Å². The highest BCUT2D eigenvalue weighted by atomic mass is 16.1. The molecule has 2 atom stereocenters. The number of nitrogens with zero attached hydrogens (tertiary/aromatic N) is 2. The van der Waals surface area contributed by atoms with E-state index in [9.17, 15) is 4.79 Å². The minimum absolute atomic E-state index is 0.204. The molecule has 3 nitrogen and oxygen atoms in total. The summed E-state index contributed by atoms with van der Waals surface area (Å²) < 4.78 is 0. The summed E-state index contributed by atoms with van der Waals surface area (Å²) in [5, 5.41) is 2.09. The quantitative estimate of drug-likeness (QED) is 0.509. The number of Topliss-reactive ketones (excluding diaryl/α,β-unsaturated/α-hetero) is 1. The van der Waals surface area contributed by atoms with E-state index in [1.54, 1.807) is 12.4 Å². The van der Waals surface area contributed by atoms with Crippen LogP contribution in [-0.2, 0) is 4.79 Å². The molecule has 0 N–H and O–H groups in total. The van der Waals surface area contributed by atoms with Crippen molar-refractivity contribution in [1.82, 2.24) is 9.97 Å². The predicted molar refractivity (Wildman–Crippen MR) is 105 cm³/mol. The zero-order valence-corrected chi connectivity index (χ0v) is 14.9. The monoisotopic (exact) mass is 340 g/mol. The summed E-state index contributed by atoms with van der Waals surface area (Å²) in [5.74, 6) is -0.202. The second-order valence-corrected chi connectivity index (χ2v) is 6.68. The predicted octanol–water partition coefficient (Wildman–Crippen LogP) is 5.26. The molecule has 26 heavy (non-hydrogen) atoms. The molecular formula is C23H20N2O. The van der Waals surface area contributed by atoms with Gasteiger partial charge in [-0.15, -0.1) is 0 Å². The van der Waals surface area contributed by atoms with Gasteiger partial charge in [-0.05, 0) is 35.4 Å². The van der Waals surface area contributed by atoms with E-state index in [1.165, 1.54) is 0 Å². The Labute approximate surface area is 152 Å². The Morgan fingerprint density at radius 1 is 0.692 bits per heavy atom. The number of rotatable bonds is 4. The fraction of sp³-hybridized carbons (Fsp3) is 0.174. The molecule has 0 aliphatic heterocycles. The number of hydrogen-bond acceptors (Lipinski definition) is 3. The van der Waals surface area contributed by atoms with Crippen LogP contribution in [0.1, 0.15) is 36.8 Å². The van der Waals surface area contributed by atoms with Gasteiger partial charge in [0.15, 0.2) is 0 Å². The molecule has 3 heteroatoms. The highest BCUT2D eigenvalue weighted by Gasteiger charge is 2.25. The van der Waals surface area contributed by atoms with Crippen molar-refractivity contribution in [2.24, 2.45) is 0 Å². The van der Waals surface area contributed by atoms with Gasteiger partial charge in [-0.1, -0.05) is 50.2 Å². The van der Waals surface area contributed by atoms with Gasteiger partial charge in [-0.3, -0.25) is 14.8 Å². The molecule has 0 aliphatic carbocycles. The number of carbonyl (C=O) groups is 1. The van der Waals surface area contributed by atoms with Gasteiger partial charge in [0, 0.05) is 35.0 Å². The van der Waals surface area contributed by atoms with Gasteiger partial charge < -0.3 is 0 Å². The van der Waals surface area contributed by atoms with Gasteiger partial charge >= 0.3 is 0 Å². The molecule has 0 spiro atoms. The molecule has 0 aliphatic rings. The lowest BCUT2D eigenvalue weighted by atomic mass is 9.83. The second-order valence-electron chi connectivity index (χ2n) is 6.68. The Balaban J connectivity index is 1.74. The number of aromatic nitrogens is 2. The average molecular weight is 340 g/mol. The van der Waals surface area contributed by atoms with Crippen LogP contribution in [-0.4, -0.2) is 15.8 Å². The molecule has 2 aromatic heterocycles. The van der Waals surface area contributed by atoms with Crippen molar-refractivity contribution in [3.05, 3.63) is 84.2 Å². The van der Waals surface area contributed by atoms with Gasteiger partial charge in [0.05, 0.1) is 11.0 Å². The average Bonchev–Trinajstić information content (AvgIpc) is 2.71. The maximum absolute atomic E-state index is 13.3. The number of ketones is 1. The third-order valence-electron chi connectivity index (χ3n) is 5.15. The molecule has 4 rings (SSSR count). The Hall–Kier alpha value is -3.07. The minimum atomic E-state index is -0.204. The SMILES string of the molecule is CC(C(=O)C(C)c1cccc2ncccc12)c1cccc2ncccc12. The smallest absolute Gasteiger partial charge is 0.147 e. The topological polar surface area (TPSA) is 42.9 Å². The van der Waals surface area contributed by atoms with Crippen LogP contribution in [0.2, 0.25) is 0 Å². The van der Waals surface area contributed by atoms with Crippen molar-refractivity contribution >= 4 is 27.6 Å². The fourth-order valence-electron chi connectivity index (χ4n) is 3.69. The van der Waals surface area contributed by atoms with Gasteiger partial charge in [0.1, 0.15) is 5.78 Å². The lowest BCUT2D eigenvalue weighted by molar-refractivity contribution is -0.121. The number of hydrogen-bond donors (Lipinski definition) is 0. The number of fused-ring (bicyclic) bond motifs is 2. The van der Waals surface area contributed by atoms with E-state index in [0.29, 0.717) is 0 Å². The summed E-state index contributed by atoms with van der Waals surface area (Å²) in [5.41, 5.74) is 3.91. The number of carbonyl (C=O) groups excluding carboxylic acids is 1. The number of benzene rings is 2.